The Hall–Kier alpha value is -6.19. The van der Waals surface area contributed by atoms with Crippen molar-refractivity contribution in [3.8, 4) is 0 Å². The zero-order valence-corrected chi connectivity index (χ0v) is 65.9. The predicted octanol–water partition coefficient (Wildman–Crippen LogP) is 4.69. The van der Waals surface area contributed by atoms with Gasteiger partial charge in [0.05, 0.1) is 32.2 Å². The maximum absolute atomic E-state index is 15.6. The van der Waals surface area contributed by atoms with Crippen LogP contribution in [0.1, 0.15) is 210 Å². The number of likely N-dealkylation sites (N-methyl/N-ethyl adjacent to an activating group) is 6. The summed E-state index contributed by atoms with van der Waals surface area (Å²) in [4.78, 5) is 191. The standard InChI is InChI=1S/C75H131ClN12O15/c1-17-19-32-88-45-64(93)83(13)61(42-53-30-26-31-54(76)40-53)73(100)85(15)58(38-48(5)6)68(95)78-56(46-103-36-27-35-89)71(98)84(14)57(37-47(3)4)67(94)77-55(72(99)87-33-24-21-25-34-87)43-62(91)81(11)44-63(92)82(12)60(41-52-28-22-20-23-29-52)70(97)79-65(50(9)18-2)74(101)86(16)59(39-49(7)8)69(96)80-66(51(10)90)75(88)102/h47-61,65-66,89-90H,17-46H2,1-16H3,(H,77,94)(H,78,95)(H,79,97)(H,80,96)/t50-,51+,53?,54?,55-,56-,57-,58-,59-,60-,61-,65-,66-/m0/s1. The monoisotopic (exact) mass is 1470 g/mol. The van der Waals surface area contributed by atoms with Crippen molar-refractivity contribution in [2.75, 3.05) is 94.8 Å². The summed E-state index contributed by atoms with van der Waals surface area (Å²) in [7, 11) is 8.59. The number of halogens is 1. The third-order valence-electron chi connectivity index (χ3n) is 21.4. The SMILES string of the molecule is CCCCN1CC(=O)N(C)[C@@H](CC2CCCC(Cl)C2)C(=O)N(C)[C@@H](CC(C)C)C(=O)N[C@@H](COCCCO)C(=O)N(C)[C@@H](CC(C)C)C(=O)N[C@H](C(=O)N2CCCCC2)CC(=O)N(C)CC(=O)N(C)[C@@H](CC2CCCCC2)C(=O)N[C@@H]([C@@H](C)CC)C(=O)N(C)[C@@H](CC(C)C)C(=O)N[C@@H]([C@@H](C)O)C1=O. The van der Waals surface area contributed by atoms with E-state index in [2.05, 4.69) is 21.3 Å². The molecule has 12 amide bonds. The van der Waals surface area contributed by atoms with Crippen LogP contribution in [0.2, 0.25) is 0 Å². The van der Waals surface area contributed by atoms with Gasteiger partial charge in [-0.1, -0.05) is 120 Å². The van der Waals surface area contributed by atoms with Crippen LogP contribution in [0.4, 0.5) is 0 Å². The largest absolute Gasteiger partial charge is 0.396 e. The van der Waals surface area contributed by atoms with Crippen LogP contribution in [-0.2, 0) is 62.3 Å². The van der Waals surface area contributed by atoms with Crippen LogP contribution in [0, 0.1) is 35.5 Å². The smallest absolute Gasteiger partial charge is 0.248 e. The summed E-state index contributed by atoms with van der Waals surface area (Å²) in [6, 6.07) is -12.1. The third kappa shape index (κ3) is 27.3. The van der Waals surface area contributed by atoms with Gasteiger partial charge in [-0.15, -0.1) is 11.6 Å². The minimum atomic E-state index is -1.64. The summed E-state index contributed by atoms with van der Waals surface area (Å²) in [6.45, 7) is 16.8. The molecule has 0 spiro atoms. The number of nitrogens with zero attached hydrogens (tertiary/aromatic N) is 8. The van der Waals surface area contributed by atoms with E-state index in [1.54, 1.807) is 11.8 Å². The predicted molar refractivity (Wildman–Crippen MR) is 394 cm³/mol. The summed E-state index contributed by atoms with van der Waals surface area (Å²) in [5.74, 6) is -9.67. The molecule has 0 aromatic carbocycles. The van der Waals surface area contributed by atoms with Crippen LogP contribution in [-0.4, -0.2) is 281 Å². The number of hydrogen-bond donors (Lipinski definition) is 6. The van der Waals surface area contributed by atoms with Gasteiger partial charge in [0.25, 0.3) is 0 Å². The lowest BCUT2D eigenvalue weighted by Gasteiger charge is -2.39. The van der Waals surface area contributed by atoms with Crippen LogP contribution < -0.4 is 21.3 Å². The van der Waals surface area contributed by atoms with Gasteiger partial charge in [0.2, 0.25) is 70.9 Å². The number of carbonyl (C=O) groups excluding carboxylic acids is 12. The number of nitrogens with one attached hydrogen (secondary N) is 4. The molecule has 4 aliphatic rings. The van der Waals surface area contributed by atoms with Crippen molar-refractivity contribution in [3.05, 3.63) is 0 Å². The van der Waals surface area contributed by atoms with Crippen LogP contribution in [0.5, 0.6) is 0 Å². The third-order valence-corrected chi connectivity index (χ3v) is 21.7. The average Bonchev–Trinajstić information content (AvgIpc) is 0.823. The molecule has 0 radical (unpaired) electrons. The van der Waals surface area contributed by atoms with Crippen molar-refractivity contribution >= 4 is 82.5 Å². The quantitative estimate of drug-likeness (QED) is 0.0633. The molecule has 2 heterocycles. The van der Waals surface area contributed by atoms with Crippen LogP contribution >= 0.6 is 11.6 Å². The lowest BCUT2D eigenvalue weighted by Crippen LogP contribution is -2.62. The van der Waals surface area contributed by atoms with Crippen molar-refractivity contribution < 1.29 is 72.5 Å². The molecule has 28 heteroatoms. The first kappa shape index (κ1) is 89.2. The van der Waals surface area contributed by atoms with Crippen molar-refractivity contribution in [1.82, 2.24) is 60.5 Å². The van der Waals surface area contributed by atoms with E-state index >= 15 is 43.2 Å². The molecule has 27 nitrogen and oxygen atoms in total. The maximum Gasteiger partial charge on any atom is 0.248 e. The van der Waals surface area contributed by atoms with Crippen LogP contribution in [0.3, 0.4) is 0 Å². The molecule has 588 valence electrons. The number of rotatable bonds is 22. The van der Waals surface area contributed by atoms with Gasteiger partial charge in [-0.25, -0.2) is 0 Å². The van der Waals surface area contributed by atoms with Crippen LogP contribution in [0.25, 0.3) is 0 Å². The fourth-order valence-electron chi connectivity index (χ4n) is 14.5. The summed E-state index contributed by atoms with van der Waals surface area (Å²) in [5.41, 5.74) is 0. The molecule has 2 saturated carbocycles. The number of unbranched alkanes of at least 4 members (excludes halogenated alkanes) is 1. The minimum absolute atomic E-state index is 0.00175. The van der Waals surface area contributed by atoms with E-state index in [0.717, 1.165) is 56.3 Å². The second-order valence-electron chi connectivity index (χ2n) is 31.3. The molecule has 2 aliphatic carbocycles. The number of piperidine rings is 1. The van der Waals surface area contributed by atoms with E-state index in [4.69, 9.17) is 16.3 Å². The summed E-state index contributed by atoms with van der Waals surface area (Å²) in [6.07, 6.45) is 9.32. The van der Waals surface area contributed by atoms with E-state index in [9.17, 15) is 24.6 Å². The molecule has 0 bridgehead atoms. The molecule has 13 atom stereocenters. The highest BCUT2D eigenvalue weighted by molar-refractivity contribution is 6.20. The number of likely N-dealkylation sites (tertiary alicyclic amines) is 1. The molecule has 4 rings (SSSR count). The van der Waals surface area contributed by atoms with E-state index in [-0.39, 0.29) is 93.3 Å². The number of hydrogen-bond acceptors (Lipinski definition) is 15. The molecular formula is C75H131ClN12O15. The first-order valence-electron chi connectivity index (χ1n) is 38.4. The number of amides is 12. The van der Waals surface area contributed by atoms with Crippen molar-refractivity contribution in [2.24, 2.45) is 35.5 Å². The summed E-state index contributed by atoms with van der Waals surface area (Å²) >= 11 is 6.78. The highest BCUT2D eigenvalue weighted by Gasteiger charge is 2.45. The molecule has 2 saturated heterocycles. The molecule has 0 aromatic rings. The Bertz CT molecular complexity index is 2780. The second kappa shape index (κ2) is 44.1. The number of carbonyl (C=O) groups is 12. The second-order valence-corrected chi connectivity index (χ2v) is 31.9. The summed E-state index contributed by atoms with van der Waals surface area (Å²) in [5, 5.41) is 32.5. The van der Waals surface area contributed by atoms with Gasteiger partial charge in [-0.05, 0) is 119 Å². The Labute approximate surface area is 619 Å². The van der Waals surface area contributed by atoms with Gasteiger partial charge in [0.15, 0.2) is 0 Å². The van der Waals surface area contributed by atoms with Crippen molar-refractivity contribution in [2.45, 2.75) is 276 Å². The highest BCUT2D eigenvalue weighted by Crippen LogP contribution is 2.34. The first-order chi connectivity index (χ1) is 48.6. The Morgan fingerprint density at radius 2 is 1.03 bits per heavy atom. The molecule has 0 aromatic heterocycles. The average molecular weight is 1480 g/mol. The zero-order valence-electron chi connectivity index (χ0n) is 65.2. The van der Waals surface area contributed by atoms with Gasteiger partial charge in [0, 0.05) is 80.5 Å². The maximum atomic E-state index is 15.6. The molecule has 6 N–H and O–H groups in total. The zero-order chi connectivity index (χ0) is 77.1. The van der Waals surface area contributed by atoms with Gasteiger partial charge >= 0.3 is 0 Å². The Balaban J connectivity index is 1.98. The Morgan fingerprint density at radius 3 is 1.57 bits per heavy atom. The van der Waals surface area contributed by atoms with E-state index in [1.165, 1.54) is 78.6 Å². The van der Waals surface area contributed by atoms with Gasteiger partial charge in [-0.2, -0.15) is 0 Å². The highest BCUT2D eigenvalue weighted by atomic mass is 35.5. The molecule has 2 unspecified atom stereocenters. The Kier molecular flexibility index (Phi) is 38.2. The number of ether oxygens (including phenoxy) is 1. The van der Waals surface area contributed by atoms with Gasteiger partial charge in [0.1, 0.15) is 54.4 Å². The Morgan fingerprint density at radius 1 is 0.534 bits per heavy atom. The minimum Gasteiger partial charge on any atom is -0.396 e. The molecule has 2 aliphatic heterocycles. The van der Waals surface area contributed by atoms with E-state index in [1.807, 2.05) is 55.4 Å². The molecule has 4 fully saturated rings. The van der Waals surface area contributed by atoms with Gasteiger partial charge in [-0.3, -0.25) is 57.5 Å². The first-order valence-corrected chi connectivity index (χ1v) is 38.9. The van der Waals surface area contributed by atoms with Crippen molar-refractivity contribution in [1.29, 1.82) is 0 Å². The lowest BCUT2D eigenvalue weighted by atomic mass is 9.83. The fraction of sp³-hybridized carbons (Fsp3) is 0.840. The van der Waals surface area contributed by atoms with Crippen LogP contribution in [0.15, 0.2) is 0 Å². The van der Waals surface area contributed by atoms with Crippen molar-refractivity contribution in [3.63, 3.8) is 0 Å². The molecule has 103 heavy (non-hydrogen) atoms. The fourth-order valence-corrected chi connectivity index (χ4v) is 14.9. The van der Waals surface area contributed by atoms with E-state index in [0.29, 0.717) is 58.0 Å². The number of alkyl halides is 1. The van der Waals surface area contributed by atoms with Gasteiger partial charge < -0.3 is 75.4 Å². The number of aliphatic hydroxyl groups is 2. The number of aliphatic hydroxyl groups excluding tert-OH is 2. The lowest BCUT2D eigenvalue weighted by molar-refractivity contribution is -0.152. The summed E-state index contributed by atoms with van der Waals surface area (Å²) < 4.78 is 5.93. The van der Waals surface area contributed by atoms with E-state index < -0.39 is 163 Å². The topological polar surface area (TPSA) is 329 Å². The molecular weight excluding hydrogens is 1340 g/mol. The normalized spacial score (nSPS) is 27.7.